The lowest BCUT2D eigenvalue weighted by Gasteiger charge is -1.80. The molecular formula is C5H7NS2. The molecule has 1 heterocycles. The molecule has 3 heteroatoms. The van der Waals surface area contributed by atoms with Crippen molar-refractivity contribution in [2.45, 2.75) is 6.92 Å². The third kappa shape index (κ3) is 0.980. The summed E-state index contributed by atoms with van der Waals surface area (Å²) in [6.45, 7) is 2.06. The molecule has 44 valence electrons. The first kappa shape index (κ1) is 5.98. The van der Waals surface area contributed by atoms with Gasteiger partial charge in [-0.3, -0.25) is 0 Å². The van der Waals surface area contributed by atoms with Crippen LogP contribution in [0.3, 0.4) is 0 Å². The van der Waals surface area contributed by atoms with E-state index in [4.69, 9.17) is 12.2 Å². The Bertz CT molecular complexity index is 233. The summed E-state index contributed by atoms with van der Waals surface area (Å²) < 4.78 is 2.90. The molecule has 0 N–H and O–H groups in total. The van der Waals surface area contributed by atoms with Crippen LogP contribution in [0.15, 0.2) is 6.20 Å². The van der Waals surface area contributed by atoms with E-state index < -0.39 is 0 Å². The predicted octanol–water partition coefficient (Wildman–Crippen LogP) is 2.12. The van der Waals surface area contributed by atoms with Gasteiger partial charge in [-0.25, -0.2) is 0 Å². The molecular weight excluding hydrogens is 138 g/mol. The minimum Gasteiger partial charge on any atom is -0.333 e. The van der Waals surface area contributed by atoms with Crippen molar-refractivity contribution in [2.24, 2.45) is 7.05 Å². The second-order valence-electron chi connectivity index (χ2n) is 1.72. The van der Waals surface area contributed by atoms with Crippen molar-refractivity contribution in [3.8, 4) is 0 Å². The SMILES string of the molecule is Cc1cn(C)c(=S)s1. The third-order valence-electron chi connectivity index (χ3n) is 0.912. The Kier molecular flexibility index (Phi) is 1.49. The quantitative estimate of drug-likeness (QED) is 0.506. The second kappa shape index (κ2) is 1.99. The zero-order valence-corrected chi connectivity index (χ0v) is 6.47. The van der Waals surface area contributed by atoms with Crippen LogP contribution in [0.4, 0.5) is 0 Å². The van der Waals surface area contributed by atoms with Crippen molar-refractivity contribution in [1.29, 1.82) is 0 Å². The van der Waals surface area contributed by atoms with Crippen LogP contribution < -0.4 is 0 Å². The summed E-state index contributed by atoms with van der Waals surface area (Å²) in [7, 11) is 1.96. The van der Waals surface area contributed by atoms with Crippen molar-refractivity contribution in [3.05, 3.63) is 15.0 Å². The zero-order chi connectivity index (χ0) is 6.15. The molecule has 0 saturated carbocycles. The Morgan fingerprint density at radius 3 is 2.50 bits per heavy atom. The summed E-state index contributed by atoms with van der Waals surface area (Å²) >= 11 is 6.60. The summed E-state index contributed by atoms with van der Waals surface area (Å²) in [6, 6.07) is 0. The third-order valence-corrected chi connectivity index (χ3v) is 2.34. The van der Waals surface area contributed by atoms with Gasteiger partial charge in [0.2, 0.25) is 0 Å². The molecule has 1 nitrogen and oxygen atoms in total. The molecule has 0 fully saturated rings. The van der Waals surface area contributed by atoms with E-state index in [1.807, 2.05) is 17.8 Å². The van der Waals surface area contributed by atoms with E-state index in [9.17, 15) is 0 Å². The molecule has 0 aliphatic carbocycles. The standard InChI is InChI=1S/C5H7NS2/c1-4-3-6(2)5(7)8-4/h3H,1-2H3. The van der Waals surface area contributed by atoms with Crippen LogP contribution in [0.25, 0.3) is 0 Å². The summed E-state index contributed by atoms with van der Waals surface area (Å²) in [6.07, 6.45) is 2.03. The molecule has 0 spiro atoms. The summed E-state index contributed by atoms with van der Waals surface area (Å²) in [5, 5.41) is 0. The normalized spacial score (nSPS) is 9.75. The number of aryl methyl sites for hydroxylation is 2. The Labute approximate surface area is 57.6 Å². The van der Waals surface area contributed by atoms with Gasteiger partial charge in [0.15, 0.2) is 3.95 Å². The molecule has 0 aliphatic heterocycles. The fourth-order valence-corrected chi connectivity index (χ4v) is 1.69. The average Bonchev–Trinajstić information content (AvgIpc) is 1.85. The predicted molar refractivity (Wildman–Crippen MR) is 38.9 cm³/mol. The van der Waals surface area contributed by atoms with E-state index >= 15 is 0 Å². The van der Waals surface area contributed by atoms with Crippen molar-refractivity contribution >= 4 is 23.6 Å². The molecule has 1 aromatic rings. The van der Waals surface area contributed by atoms with E-state index in [1.165, 1.54) is 4.88 Å². The maximum Gasteiger partial charge on any atom is 0.161 e. The zero-order valence-electron chi connectivity index (χ0n) is 4.84. The van der Waals surface area contributed by atoms with Crippen molar-refractivity contribution in [3.63, 3.8) is 0 Å². The Hall–Kier alpha value is -0.150. The Morgan fingerprint density at radius 1 is 1.75 bits per heavy atom. The van der Waals surface area contributed by atoms with E-state index in [0.29, 0.717) is 0 Å². The van der Waals surface area contributed by atoms with Gasteiger partial charge < -0.3 is 4.57 Å². The van der Waals surface area contributed by atoms with Gasteiger partial charge in [0.25, 0.3) is 0 Å². The summed E-state index contributed by atoms with van der Waals surface area (Å²) in [5.74, 6) is 0. The number of aromatic nitrogens is 1. The van der Waals surface area contributed by atoms with E-state index in [2.05, 4.69) is 6.92 Å². The Balaban J connectivity index is 3.35. The van der Waals surface area contributed by atoms with Gasteiger partial charge in [0.05, 0.1) is 0 Å². The number of rotatable bonds is 0. The summed E-state index contributed by atoms with van der Waals surface area (Å²) in [4.78, 5) is 1.28. The molecule has 0 bridgehead atoms. The van der Waals surface area contributed by atoms with Gasteiger partial charge in [-0.2, -0.15) is 0 Å². The smallest absolute Gasteiger partial charge is 0.161 e. The van der Waals surface area contributed by atoms with Gasteiger partial charge >= 0.3 is 0 Å². The molecule has 1 aromatic heterocycles. The van der Waals surface area contributed by atoms with Crippen molar-refractivity contribution in [2.75, 3.05) is 0 Å². The minimum absolute atomic E-state index is 0.947. The number of nitrogens with zero attached hydrogens (tertiary/aromatic N) is 1. The fraction of sp³-hybridized carbons (Fsp3) is 0.400. The van der Waals surface area contributed by atoms with Crippen LogP contribution in [0.5, 0.6) is 0 Å². The molecule has 0 atom stereocenters. The minimum atomic E-state index is 0.947. The van der Waals surface area contributed by atoms with Crippen LogP contribution in [0.2, 0.25) is 0 Å². The first-order valence-corrected chi connectivity index (χ1v) is 3.55. The highest BCUT2D eigenvalue weighted by atomic mass is 32.1. The molecule has 8 heavy (non-hydrogen) atoms. The molecule has 0 aliphatic rings. The largest absolute Gasteiger partial charge is 0.333 e. The van der Waals surface area contributed by atoms with Crippen LogP contribution in [0, 0.1) is 10.9 Å². The van der Waals surface area contributed by atoms with Gasteiger partial charge in [0.1, 0.15) is 0 Å². The highest BCUT2D eigenvalue weighted by Crippen LogP contribution is 2.07. The average molecular weight is 145 g/mol. The van der Waals surface area contributed by atoms with E-state index in [-0.39, 0.29) is 0 Å². The first-order valence-electron chi connectivity index (χ1n) is 2.33. The van der Waals surface area contributed by atoms with E-state index in [1.54, 1.807) is 11.3 Å². The van der Waals surface area contributed by atoms with Gasteiger partial charge in [0, 0.05) is 18.1 Å². The van der Waals surface area contributed by atoms with Crippen LogP contribution >= 0.6 is 23.6 Å². The monoisotopic (exact) mass is 145 g/mol. The molecule has 0 saturated heterocycles. The molecule has 1 rings (SSSR count). The lowest BCUT2D eigenvalue weighted by atomic mass is 10.6. The lowest BCUT2D eigenvalue weighted by Crippen LogP contribution is -1.79. The highest BCUT2D eigenvalue weighted by Gasteiger charge is 1.87. The second-order valence-corrected chi connectivity index (χ2v) is 3.60. The lowest BCUT2D eigenvalue weighted by molar-refractivity contribution is 0.915. The fourth-order valence-electron chi connectivity index (χ4n) is 0.561. The van der Waals surface area contributed by atoms with Crippen molar-refractivity contribution in [1.82, 2.24) is 4.57 Å². The first-order chi connectivity index (χ1) is 3.70. The maximum absolute atomic E-state index is 4.96. The summed E-state index contributed by atoms with van der Waals surface area (Å²) in [5.41, 5.74) is 0. The molecule has 0 unspecified atom stereocenters. The number of hydrogen-bond donors (Lipinski definition) is 0. The van der Waals surface area contributed by atoms with Crippen molar-refractivity contribution < 1.29 is 0 Å². The number of hydrogen-bond acceptors (Lipinski definition) is 2. The maximum atomic E-state index is 4.96. The molecule has 0 radical (unpaired) electrons. The topological polar surface area (TPSA) is 4.93 Å². The van der Waals surface area contributed by atoms with E-state index in [0.717, 1.165) is 3.95 Å². The van der Waals surface area contributed by atoms with Gasteiger partial charge in [-0.05, 0) is 19.1 Å². The molecule has 0 amide bonds. The highest BCUT2D eigenvalue weighted by molar-refractivity contribution is 7.73. The van der Waals surface area contributed by atoms with Crippen LogP contribution in [-0.4, -0.2) is 4.57 Å². The van der Waals surface area contributed by atoms with Gasteiger partial charge in [-0.1, -0.05) is 0 Å². The Morgan fingerprint density at radius 2 is 2.38 bits per heavy atom. The number of thiazole rings is 1. The molecule has 0 aromatic carbocycles. The van der Waals surface area contributed by atoms with Crippen LogP contribution in [-0.2, 0) is 7.05 Å². The van der Waals surface area contributed by atoms with Crippen LogP contribution in [0.1, 0.15) is 4.88 Å². The van der Waals surface area contributed by atoms with Gasteiger partial charge in [-0.15, -0.1) is 11.3 Å².